The van der Waals surface area contributed by atoms with Gasteiger partial charge in [0.2, 0.25) is 0 Å². The second-order valence-corrected chi connectivity index (χ2v) is 25.5. The minimum absolute atomic E-state index is 0.0112. The summed E-state index contributed by atoms with van der Waals surface area (Å²) in [5.41, 5.74) is 17.1. The quantitative estimate of drug-likeness (QED) is 0.164. The number of ether oxygens (including phenoxy) is 1. The van der Waals surface area contributed by atoms with Crippen LogP contribution in [0.5, 0.6) is 11.5 Å². The zero-order valence-electron chi connectivity index (χ0n) is 42.5. The van der Waals surface area contributed by atoms with Crippen molar-refractivity contribution < 1.29 is 4.74 Å². The Kier molecular flexibility index (Phi) is 10.3. The summed E-state index contributed by atoms with van der Waals surface area (Å²) in [4.78, 5) is 5.08. The third-order valence-electron chi connectivity index (χ3n) is 14.3. The molecule has 2 aliphatic heterocycles. The van der Waals surface area contributed by atoms with Gasteiger partial charge >= 0.3 is 0 Å². The average Bonchev–Trinajstić information content (AvgIpc) is 3.63. The van der Waals surface area contributed by atoms with Crippen molar-refractivity contribution in [3.05, 3.63) is 161 Å². The van der Waals surface area contributed by atoms with Crippen LogP contribution in [-0.2, 0) is 27.1 Å². The van der Waals surface area contributed by atoms with Gasteiger partial charge in [0.05, 0.1) is 10.4 Å². The number of thiophene rings is 1. The number of hydrogen-bond acceptors (Lipinski definition) is 4. The van der Waals surface area contributed by atoms with Gasteiger partial charge in [-0.3, -0.25) is 0 Å². The van der Waals surface area contributed by atoms with Crippen LogP contribution >= 0.6 is 11.3 Å². The van der Waals surface area contributed by atoms with Gasteiger partial charge in [-0.2, -0.15) is 0 Å². The van der Waals surface area contributed by atoms with E-state index < -0.39 is 0 Å². The molecule has 0 spiro atoms. The Bertz CT molecular complexity index is 3170. The molecule has 0 atom stereocenters. The fourth-order valence-electron chi connectivity index (χ4n) is 10.1. The molecule has 0 amide bonds. The summed E-state index contributed by atoms with van der Waals surface area (Å²) in [6, 6.07) is 51.5. The summed E-state index contributed by atoms with van der Waals surface area (Å²) in [5, 5.41) is 2.52. The third-order valence-corrected chi connectivity index (χ3v) is 15.5. The highest BCUT2D eigenvalue weighted by Gasteiger charge is 2.44. The molecule has 0 radical (unpaired) electrons. The predicted molar refractivity (Wildman–Crippen MR) is 293 cm³/mol. The molecule has 1 aromatic heterocycles. The Labute approximate surface area is 404 Å². The van der Waals surface area contributed by atoms with Gasteiger partial charge < -0.3 is 14.5 Å². The maximum absolute atomic E-state index is 7.15. The van der Waals surface area contributed by atoms with Gasteiger partial charge in [0.25, 0.3) is 6.71 Å². The van der Waals surface area contributed by atoms with E-state index in [1.54, 1.807) is 0 Å². The maximum atomic E-state index is 7.15. The second kappa shape index (κ2) is 15.4. The second-order valence-electron chi connectivity index (χ2n) is 24.4. The SMILES string of the molecule is CC(C)(C)c1ccc(N(c2ccc(C(C)(C)C)cc2)c2cc(N3c4ccc(C(C)(C)C)cc4B4c5cc(C(C)(C)C)ccc5Oc5cc(C(C)(C)C)cc3c54)cc3c2sc2ccccc23)cc1. The maximum Gasteiger partial charge on any atom is 0.256 e. The first-order valence-corrected chi connectivity index (χ1v) is 25.1. The molecule has 0 fully saturated rings. The largest absolute Gasteiger partial charge is 0.458 e. The van der Waals surface area contributed by atoms with Crippen molar-refractivity contribution in [2.45, 2.75) is 131 Å². The van der Waals surface area contributed by atoms with E-state index in [0.29, 0.717) is 0 Å². The molecule has 340 valence electrons. The van der Waals surface area contributed by atoms with Gasteiger partial charge in [-0.1, -0.05) is 171 Å². The lowest BCUT2D eigenvalue weighted by atomic mass is 9.33. The van der Waals surface area contributed by atoms with Crippen LogP contribution in [0.3, 0.4) is 0 Å². The van der Waals surface area contributed by atoms with E-state index >= 15 is 0 Å². The summed E-state index contributed by atoms with van der Waals surface area (Å²) in [6.45, 7) is 34.6. The van der Waals surface area contributed by atoms with Crippen LogP contribution in [0.2, 0.25) is 0 Å². The van der Waals surface area contributed by atoms with Crippen LogP contribution in [-0.4, -0.2) is 6.71 Å². The van der Waals surface area contributed by atoms with Crippen LogP contribution in [0.1, 0.15) is 132 Å². The van der Waals surface area contributed by atoms with Crippen molar-refractivity contribution >= 4 is 88.7 Å². The molecule has 67 heavy (non-hydrogen) atoms. The lowest BCUT2D eigenvalue weighted by Crippen LogP contribution is -2.60. The van der Waals surface area contributed by atoms with Crippen molar-refractivity contribution in [2.75, 3.05) is 9.80 Å². The number of fused-ring (bicyclic) bond motifs is 7. The number of anilines is 6. The molecule has 7 aromatic carbocycles. The molecule has 2 aliphatic rings. The Hall–Kier alpha value is -5.78. The van der Waals surface area contributed by atoms with E-state index in [1.807, 2.05) is 11.3 Å². The number of rotatable bonds is 4. The van der Waals surface area contributed by atoms with Gasteiger partial charge in [-0.05, 0) is 138 Å². The summed E-state index contributed by atoms with van der Waals surface area (Å²) in [6.07, 6.45) is 0. The summed E-state index contributed by atoms with van der Waals surface area (Å²) in [7, 11) is 0. The predicted octanol–water partition coefficient (Wildman–Crippen LogP) is 16.4. The van der Waals surface area contributed by atoms with Crippen LogP contribution in [0.25, 0.3) is 20.2 Å². The molecule has 3 heterocycles. The van der Waals surface area contributed by atoms with Gasteiger partial charge in [-0.15, -0.1) is 11.3 Å². The fourth-order valence-corrected chi connectivity index (χ4v) is 11.3. The topological polar surface area (TPSA) is 15.7 Å². The molecule has 0 N–H and O–H groups in total. The van der Waals surface area contributed by atoms with Gasteiger partial charge in [0, 0.05) is 43.9 Å². The van der Waals surface area contributed by atoms with E-state index in [-0.39, 0.29) is 33.8 Å². The average molecular weight is 899 g/mol. The van der Waals surface area contributed by atoms with Crippen molar-refractivity contribution in [2.24, 2.45) is 0 Å². The van der Waals surface area contributed by atoms with Crippen molar-refractivity contribution in [1.82, 2.24) is 0 Å². The minimum atomic E-state index is -0.128. The molecule has 5 heteroatoms. The summed E-state index contributed by atoms with van der Waals surface area (Å²) in [5.74, 6) is 1.89. The molecular weight excluding hydrogens is 832 g/mol. The van der Waals surface area contributed by atoms with Gasteiger partial charge in [0.15, 0.2) is 0 Å². The summed E-state index contributed by atoms with van der Waals surface area (Å²) < 4.78 is 9.70. The minimum Gasteiger partial charge on any atom is -0.458 e. The lowest BCUT2D eigenvalue weighted by molar-refractivity contribution is 0.482. The highest BCUT2D eigenvalue weighted by Crippen LogP contribution is 2.51. The van der Waals surface area contributed by atoms with E-state index in [4.69, 9.17) is 4.74 Å². The molecule has 0 saturated carbocycles. The Morgan fingerprint density at radius 2 is 0.970 bits per heavy atom. The fraction of sp³-hybridized carbons (Fsp3) is 0.323. The normalized spacial score (nSPS) is 14.0. The van der Waals surface area contributed by atoms with E-state index in [9.17, 15) is 0 Å². The van der Waals surface area contributed by atoms with E-state index in [1.165, 1.54) is 75.8 Å². The monoisotopic (exact) mass is 899 g/mol. The number of benzene rings is 7. The number of nitrogens with zero attached hydrogens (tertiary/aromatic N) is 2. The molecule has 0 bridgehead atoms. The van der Waals surface area contributed by atoms with Crippen LogP contribution < -0.4 is 30.9 Å². The first-order chi connectivity index (χ1) is 31.4. The molecular formula is C62H67BN2OS. The first-order valence-electron chi connectivity index (χ1n) is 24.3. The molecule has 10 rings (SSSR count). The Balaban J connectivity index is 1.30. The highest BCUT2D eigenvalue weighted by atomic mass is 32.1. The van der Waals surface area contributed by atoms with Crippen LogP contribution in [0, 0.1) is 0 Å². The molecule has 0 aliphatic carbocycles. The van der Waals surface area contributed by atoms with Gasteiger partial charge in [0.1, 0.15) is 11.5 Å². The van der Waals surface area contributed by atoms with Gasteiger partial charge in [-0.25, -0.2) is 0 Å². The van der Waals surface area contributed by atoms with Crippen LogP contribution in [0.4, 0.5) is 34.1 Å². The Morgan fingerprint density at radius 3 is 1.54 bits per heavy atom. The molecule has 0 unspecified atom stereocenters. The van der Waals surface area contributed by atoms with E-state index in [2.05, 4.69) is 247 Å². The first kappa shape index (κ1) is 45.0. The van der Waals surface area contributed by atoms with Crippen LogP contribution in [0.15, 0.2) is 133 Å². The molecule has 0 saturated heterocycles. The third kappa shape index (κ3) is 7.85. The lowest BCUT2D eigenvalue weighted by Gasteiger charge is -2.42. The zero-order valence-corrected chi connectivity index (χ0v) is 43.3. The number of hydrogen-bond donors (Lipinski definition) is 0. The smallest absolute Gasteiger partial charge is 0.256 e. The zero-order chi connectivity index (χ0) is 47.7. The highest BCUT2D eigenvalue weighted by molar-refractivity contribution is 7.26. The van der Waals surface area contributed by atoms with Crippen molar-refractivity contribution in [3.8, 4) is 11.5 Å². The van der Waals surface area contributed by atoms with E-state index in [0.717, 1.165) is 34.2 Å². The Morgan fingerprint density at radius 1 is 0.448 bits per heavy atom. The van der Waals surface area contributed by atoms with Crippen molar-refractivity contribution in [1.29, 1.82) is 0 Å². The van der Waals surface area contributed by atoms with Crippen molar-refractivity contribution in [3.63, 3.8) is 0 Å². The standard InChI is InChI=1S/C62H67BN2OS/c1-58(2,3)38-20-26-43(27-21-38)64(44-28-22-39(23-29-44)59(4,5)6)52-37-45(36-47-46-18-16-17-19-55(46)67-57(47)52)65-50-30-24-40(60(7,8)9)32-48(50)63-49-33-41(61(10,11)12)25-31-53(49)66-54-35-42(62(13,14)15)34-51(65)56(54)63/h16-37H,1-15H3. The molecule has 3 nitrogen and oxygen atoms in total. The molecule has 8 aromatic rings. The summed E-state index contributed by atoms with van der Waals surface area (Å²) >= 11 is 1.89.